The summed E-state index contributed by atoms with van der Waals surface area (Å²) in [6.07, 6.45) is 5.09. The first-order valence-electron chi connectivity index (χ1n) is 9.47. The van der Waals surface area contributed by atoms with Gasteiger partial charge in [-0.15, -0.1) is 0 Å². The minimum absolute atomic E-state index is 0.114. The fourth-order valence-corrected chi connectivity index (χ4v) is 4.12. The van der Waals surface area contributed by atoms with Gasteiger partial charge >= 0.3 is 0 Å². The molecule has 5 nitrogen and oxygen atoms in total. The Morgan fingerprint density at radius 3 is 2.88 bits per heavy atom. The molecule has 1 aromatic carbocycles. The lowest BCUT2D eigenvalue weighted by atomic mass is 10.1. The van der Waals surface area contributed by atoms with Crippen molar-refractivity contribution in [2.45, 2.75) is 45.1 Å². The van der Waals surface area contributed by atoms with E-state index >= 15 is 0 Å². The van der Waals surface area contributed by atoms with E-state index in [4.69, 9.17) is 5.10 Å². The predicted octanol–water partition coefficient (Wildman–Crippen LogP) is 2.58. The van der Waals surface area contributed by atoms with Crippen LogP contribution in [0.15, 0.2) is 30.3 Å². The van der Waals surface area contributed by atoms with E-state index in [-0.39, 0.29) is 5.91 Å². The van der Waals surface area contributed by atoms with E-state index in [9.17, 15) is 4.79 Å². The molecule has 0 radical (unpaired) electrons. The molecule has 1 atom stereocenters. The predicted molar refractivity (Wildman–Crippen MR) is 98.2 cm³/mol. The lowest BCUT2D eigenvalue weighted by Crippen LogP contribution is -2.42. The minimum Gasteiger partial charge on any atom is -0.333 e. The van der Waals surface area contributed by atoms with Crippen LogP contribution in [0.5, 0.6) is 0 Å². The maximum Gasteiger partial charge on any atom is 0.274 e. The van der Waals surface area contributed by atoms with Gasteiger partial charge in [0.15, 0.2) is 5.69 Å². The SMILES string of the molecule is CCCN(C(=O)c1nn(-c2ccccc2)c2c1CCC2)C1CCNC1. The number of benzene rings is 1. The topological polar surface area (TPSA) is 50.2 Å². The van der Waals surface area contributed by atoms with E-state index in [0.717, 1.165) is 57.4 Å². The van der Waals surface area contributed by atoms with E-state index in [0.29, 0.717) is 11.7 Å². The first kappa shape index (κ1) is 16.3. The van der Waals surface area contributed by atoms with Gasteiger partial charge in [-0.3, -0.25) is 4.79 Å². The number of fused-ring (bicyclic) bond motifs is 1. The number of hydrogen-bond acceptors (Lipinski definition) is 3. The van der Waals surface area contributed by atoms with Gasteiger partial charge in [0.2, 0.25) is 0 Å². The molecule has 1 aromatic heterocycles. The molecule has 132 valence electrons. The second kappa shape index (κ2) is 7.00. The van der Waals surface area contributed by atoms with Crippen LogP contribution in [-0.2, 0) is 12.8 Å². The van der Waals surface area contributed by atoms with Crippen LogP contribution >= 0.6 is 0 Å². The van der Waals surface area contributed by atoms with Crippen LogP contribution < -0.4 is 5.32 Å². The number of para-hydroxylation sites is 1. The Morgan fingerprint density at radius 1 is 1.32 bits per heavy atom. The molecule has 1 aliphatic carbocycles. The van der Waals surface area contributed by atoms with Crippen LogP contribution in [0.1, 0.15) is 47.9 Å². The fourth-order valence-electron chi connectivity index (χ4n) is 4.12. The van der Waals surface area contributed by atoms with E-state index in [1.54, 1.807) is 0 Å². The van der Waals surface area contributed by atoms with Crippen molar-refractivity contribution in [2.24, 2.45) is 0 Å². The molecule has 1 saturated heterocycles. The van der Waals surface area contributed by atoms with E-state index in [1.807, 2.05) is 22.9 Å². The third-order valence-electron chi connectivity index (χ3n) is 5.33. The van der Waals surface area contributed by atoms with Crippen LogP contribution in [-0.4, -0.2) is 46.3 Å². The Labute approximate surface area is 149 Å². The maximum absolute atomic E-state index is 13.3. The molecule has 0 saturated carbocycles. The highest BCUT2D eigenvalue weighted by Crippen LogP contribution is 2.29. The fraction of sp³-hybridized carbons (Fsp3) is 0.500. The molecule has 2 aliphatic rings. The Hall–Kier alpha value is -2.14. The van der Waals surface area contributed by atoms with Crippen molar-refractivity contribution in [3.8, 4) is 5.69 Å². The second-order valence-corrected chi connectivity index (χ2v) is 7.02. The van der Waals surface area contributed by atoms with Crippen molar-refractivity contribution in [1.82, 2.24) is 20.0 Å². The van der Waals surface area contributed by atoms with Crippen LogP contribution in [0.4, 0.5) is 0 Å². The summed E-state index contributed by atoms with van der Waals surface area (Å²) in [5, 5.41) is 8.16. The zero-order chi connectivity index (χ0) is 17.2. The van der Waals surface area contributed by atoms with Gasteiger partial charge in [-0.05, 0) is 50.8 Å². The summed E-state index contributed by atoms with van der Waals surface area (Å²) in [6, 6.07) is 10.5. The molecule has 1 aliphatic heterocycles. The molecule has 5 heteroatoms. The molecular formula is C20H26N4O. The van der Waals surface area contributed by atoms with Gasteiger partial charge in [-0.2, -0.15) is 5.10 Å². The number of carbonyl (C=O) groups excluding carboxylic acids is 1. The maximum atomic E-state index is 13.3. The van der Waals surface area contributed by atoms with Crippen molar-refractivity contribution >= 4 is 5.91 Å². The minimum atomic E-state index is 0.114. The summed E-state index contributed by atoms with van der Waals surface area (Å²) in [6.45, 7) is 4.83. The summed E-state index contributed by atoms with van der Waals surface area (Å²) in [7, 11) is 0. The first-order valence-corrected chi connectivity index (χ1v) is 9.47. The van der Waals surface area contributed by atoms with E-state index < -0.39 is 0 Å². The van der Waals surface area contributed by atoms with Gasteiger partial charge in [0.1, 0.15) is 0 Å². The number of aromatic nitrogens is 2. The Kier molecular flexibility index (Phi) is 4.57. The Balaban J connectivity index is 1.71. The summed E-state index contributed by atoms with van der Waals surface area (Å²) >= 11 is 0. The molecule has 0 bridgehead atoms. The summed E-state index contributed by atoms with van der Waals surface area (Å²) in [5.41, 5.74) is 4.11. The second-order valence-electron chi connectivity index (χ2n) is 7.02. The highest BCUT2D eigenvalue weighted by atomic mass is 16.2. The zero-order valence-electron chi connectivity index (χ0n) is 14.9. The normalized spacial score (nSPS) is 19.2. The van der Waals surface area contributed by atoms with Crippen molar-refractivity contribution < 1.29 is 4.79 Å². The number of hydrogen-bond donors (Lipinski definition) is 1. The van der Waals surface area contributed by atoms with Crippen molar-refractivity contribution in [2.75, 3.05) is 19.6 Å². The Morgan fingerprint density at radius 2 is 2.16 bits per heavy atom. The molecule has 1 unspecified atom stereocenters. The average molecular weight is 338 g/mol. The van der Waals surface area contributed by atoms with Crippen molar-refractivity contribution in [3.05, 3.63) is 47.3 Å². The molecule has 25 heavy (non-hydrogen) atoms. The number of carbonyl (C=O) groups is 1. The van der Waals surface area contributed by atoms with Crippen molar-refractivity contribution in [1.29, 1.82) is 0 Å². The van der Waals surface area contributed by atoms with Gasteiger partial charge in [0.05, 0.1) is 5.69 Å². The van der Waals surface area contributed by atoms with Crippen LogP contribution in [0.3, 0.4) is 0 Å². The van der Waals surface area contributed by atoms with Crippen LogP contribution in [0, 0.1) is 0 Å². The molecule has 4 rings (SSSR count). The highest BCUT2D eigenvalue weighted by molar-refractivity contribution is 5.94. The monoisotopic (exact) mass is 338 g/mol. The van der Waals surface area contributed by atoms with Crippen LogP contribution in [0.25, 0.3) is 5.69 Å². The standard InChI is InChI=1S/C20H26N4O/c1-2-13-23(16-11-12-21-14-16)20(25)19-17-9-6-10-18(17)24(22-19)15-7-4-3-5-8-15/h3-5,7-8,16,21H,2,6,9-14H2,1H3. The largest absolute Gasteiger partial charge is 0.333 e. The lowest BCUT2D eigenvalue weighted by molar-refractivity contribution is 0.0684. The van der Waals surface area contributed by atoms with Crippen molar-refractivity contribution in [3.63, 3.8) is 0 Å². The zero-order valence-corrected chi connectivity index (χ0v) is 14.9. The Bertz CT molecular complexity index is 747. The average Bonchev–Trinajstić information content (AvgIpc) is 3.37. The summed E-state index contributed by atoms with van der Waals surface area (Å²) in [5.74, 6) is 0.114. The quantitative estimate of drug-likeness (QED) is 0.912. The molecule has 1 fully saturated rings. The van der Waals surface area contributed by atoms with Gasteiger partial charge in [-0.1, -0.05) is 25.1 Å². The molecule has 0 spiro atoms. The summed E-state index contributed by atoms with van der Waals surface area (Å²) < 4.78 is 1.99. The van der Waals surface area contributed by atoms with Gasteiger partial charge < -0.3 is 10.2 Å². The lowest BCUT2D eigenvalue weighted by Gasteiger charge is -2.27. The van der Waals surface area contributed by atoms with E-state index in [1.165, 1.54) is 11.3 Å². The van der Waals surface area contributed by atoms with Gasteiger partial charge in [0, 0.05) is 30.4 Å². The molecule has 2 heterocycles. The number of rotatable bonds is 5. The highest BCUT2D eigenvalue weighted by Gasteiger charge is 2.33. The molecule has 1 amide bonds. The number of nitrogens with one attached hydrogen (secondary N) is 1. The van der Waals surface area contributed by atoms with Gasteiger partial charge in [0.25, 0.3) is 5.91 Å². The third-order valence-corrected chi connectivity index (χ3v) is 5.33. The van der Waals surface area contributed by atoms with Gasteiger partial charge in [-0.25, -0.2) is 4.68 Å². The molecular weight excluding hydrogens is 312 g/mol. The van der Waals surface area contributed by atoms with Crippen LogP contribution in [0.2, 0.25) is 0 Å². The number of nitrogens with zero attached hydrogens (tertiary/aromatic N) is 3. The summed E-state index contributed by atoms with van der Waals surface area (Å²) in [4.78, 5) is 15.4. The molecule has 1 N–H and O–H groups in total. The number of amides is 1. The third kappa shape index (κ3) is 2.97. The smallest absolute Gasteiger partial charge is 0.274 e. The van der Waals surface area contributed by atoms with E-state index in [2.05, 4.69) is 29.3 Å². The first-order chi connectivity index (χ1) is 12.3. The molecule has 2 aromatic rings.